The highest BCUT2D eigenvalue weighted by Gasteiger charge is 2.48. The summed E-state index contributed by atoms with van der Waals surface area (Å²) in [5.41, 5.74) is 1.57. The van der Waals surface area contributed by atoms with Crippen LogP contribution in [0, 0.1) is 12.7 Å². The molecule has 0 radical (unpaired) electrons. The molecular weight excluding hydrogens is 425 g/mol. The van der Waals surface area contributed by atoms with E-state index in [-0.39, 0.29) is 16.9 Å². The summed E-state index contributed by atoms with van der Waals surface area (Å²) in [6, 6.07) is 16.7. The van der Waals surface area contributed by atoms with E-state index in [2.05, 4.69) is 0 Å². The summed E-state index contributed by atoms with van der Waals surface area (Å²) in [7, 11) is 2.85. The molecule has 3 aromatic carbocycles. The van der Waals surface area contributed by atoms with E-state index in [1.54, 1.807) is 36.4 Å². The van der Waals surface area contributed by atoms with Gasteiger partial charge in [0.2, 0.25) is 0 Å². The molecule has 1 heterocycles. The molecule has 1 unspecified atom stereocenters. The van der Waals surface area contributed by atoms with Crippen molar-refractivity contribution in [2.24, 2.45) is 0 Å². The number of carbonyl (C=O) groups is 2. The third-order valence-corrected chi connectivity index (χ3v) is 5.67. The van der Waals surface area contributed by atoms with Gasteiger partial charge in [-0.2, -0.15) is 0 Å². The summed E-state index contributed by atoms with van der Waals surface area (Å²) in [6.07, 6.45) is 0. The van der Waals surface area contributed by atoms with Crippen LogP contribution in [0.5, 0.6) is 11.5 Å². The van der Waals surface area contributed by atoms with Crippen LogP contribution >= 0.6 is 0 Å². The van der Waals surface area contributed by atoms with Gasteiger partial charge in [0, 0.05) is 11.3 Å². The third-order valence-electron chi connectivity index (χ3n) is 5.67. The Morgan fingerprint density at radius 2 is 1.61 bits per heavy atom. The van der Waals surface area contributed by atoms with E-state index < -0.39 is 29.3 Å². The van der Waals surface area contributed by atoms with Gasteiger partial charge in [0.05, 0.1) is 31.4 Å². The lowest BCUT2D eigenvalue weighted by molar-refractivity contribution is -0.132. The summed E-state index contributed by atoms with van der Waals surface area (Å²) in [4.78, 5) is 27.9. The molecule has 1 saturated heterocycles. The molecule has 1 fully saturated rings. The maximum atomic E-state index is 14.1. The first-order valence-corrected chi connectivity index (χ1v) is 10.2. The number of hydrogen-bond donors (Lipinski definition) is 1. The fraction of sp³-hybridized carbons (Fsp3) is 0.154. The summed E-state index contributed by atoms with van der Waals surface area (Å²) < 4.78 is 24.8. The Labute approximate surface area is 190 Å². The van der Waals surface area contributed by atoms with Gasteiger partial charge in [-0.25, -0.2) is 4.39 Å². The predicted octanol–water partition coefficient (Wildman–Crippen LogP) is 4.78. The molecule has 0 aromatic heterocycles. The van der Waals surface area contributed by atoms with Crippen LogP contribution in [-0.4, -0.2) is 31.0 Å². The maximum Gasteiger partial charge on any atom is 0.300 e. The number of para-hydroxylation sites is 2. The van der Waals surface area contributed by atoms with Gasteiger partial charge in [0.1, 0.15) is 23.1 Å². The molecule has 33 heavy (non-hydrogen) atoms. The van der Waals surface area contributed by atoms with E-state index in [4.69, 9.17) is 9.47 Å². The lowest BCUT2D eigenvalue weighted by atomic mass is 9.94. The van der Waals surface area contributed by atoms with Crippen molar-refractivity contribution < 1.29 is 28.6 Å². The number of carbonyl (C=O) groups excluding carboxylic acids is 2. The standard InChI is InChI=1S/C26H22FNO5/c1-15-8-4-6-10-19(15)28-23(17-9-5-7-11-20(17)32-2)22(25(30)26(28)31)24(29)18-14-16(27)12-13-21(18)33-3/h4-14,23,29H,1-3H3/b24-22+. The number of hydrogen-bond acceptors (Lipinski definition) is 5. The fourth-order valence-electron chi connectivity index (χ4n) is 4.11. The Hall–Kier alpha value is -4.13. The van der Waals surface area contributed by atoms with Crippen molar-refractivity contribution in [1.82, 2.24) is 0 Å². The van der Waals surface area contributed by atoms with Crippen molar-refractivity contribution in [3.63, 3.8) is 0 Å². The van der Waals surface area contributed by atoms with Crippen LogP contribution in [0.3, 0.4) is 0 Å². The zero-order valence-corrected chi connectivity index (χ0v) is 18.3. The van der Waals surface area contributed by atoms with Gasteiger partial charge in [-0.15, -0.1) is 0 Å². The Bertz CT molecular complexity index is 1280. The van der Waals surface area contributed by atoms with E-state index >= 15 is 0 Å². The number of nitrogens with zero attached hydrogens (tertiary/aromatic N) is 1. The molecule has 1 atom stereocenters. The third kappa shape index (κ3) is 3.71. The Balaban J connectivity index is 2.05. The first kappa shape index (κ1) is 22.1. The number of aliphatic hydroxyl groups is 1. The molecule has 6 nitrogen and oxygen atoms in total. The second-order valence-corrected chi connectivity index (χ2v) is 7.54. The minimum absolute atomic E-state index is 0.0276. The van der Waals surface area contributed by atoms with Gasteiger partial charge >= 0.3 is 0 Å². The van der Waals surface area contributed by atoms with Gasteiger partial charge in [-0.1, -0.05) is 36.4 Å². The minimum Gasteiger partial charge on any atom is -0.507 e. The second-order valence-electron chi connectivity index (χ2n) is 7.54. The van der Waals surface area contributed by atoms with Crippen LogP contribution in [0.2, 0.25) is 0 Å². The molecule has 0 spiro atoms. The molecule has 1 amide bonds. The highest BCUT2D eigenvalue weighted by Crippen LogP contribution is 2.46. The number of amides is 1. The van der Waals surface area contributed by atoms with Gasteiger partial charge in [-0.3, -0.25) is 14.5 Å². The SMILES string of the molecule is COc1ccc(F)cc1/C(O)=C1\C(=O)C(=O)N(c2ccccc2C)C1c1ccccc1OC. The van der Waals surface area contributed by atoms with Gasteiger partial charge in [0.25, 0.3) is 11.7 Å². The van der Waals surface area contributed by atoms with Crippen molar-refractivity contribution in [1.29, 1.82) is 0 Å². The smallest absolute Gasteiger partial charge is 0.300 e. The van der Waals surface area contributed by atoms with Crippen LogP contribution in [0.1, 0.15) is 22.7 Å². The Morgan fingerprint density at radius 1 is 0.939 bits per heavy atom. The van der Waals surface area contributed by atoms with Gasteiger partial charge < -0.3 is 14.6 Å². The van der Waals surface area contributed by atoms with Crippen molar-refractivity contribution in [2.45, 2.75) is 13.0 Å². The van der Waals surface area contributed by atoms with E-state index in [1.807, 2.05) is 19.1 Å². The summed E-state index contributed by atoms with van der Waals surface area (Å²) >= 11 is 0. The fourth-order valence-corrected chi connectivity index (χ4v) is 4.11. The lowest BCUT2D eigenvalue weighted by Gasteiger charge is -2.27. The summed E-state index contributed by atoms with van der Waals surface area (Å²) in [5, 5.41) is 11.3. The van der Waals surface area contributed by atoms with Crippen molar-refractivity contribution >= 4 is 23.1 Å². The first-order valence-electron chi connectivity index (χ1n) is 10.2. The van der Waals surface area contributed by atoms with E-state index in [0.29, 0.717) is 17.0 Å². The van der Waals surface area contributed by atoms with E-state index in [1.165, 1.54) is 31.3 Å². The molecule has 0 aliphatic carbocycles. The quantitative estimate of drug-likeness (QED) is 0.346. The van der Waals surface area contributed by atoms with Crippen molar-refractivity contribution in [3.8, 4) is 11.5 Å². The molecule has 4 rings (SSSR count). The maximum absolute atomic E-state index is 14.1. The van der Waals surface area contributed by atoms with Crippen LogP contribution in [0.15, 0.2) is 72.3 Å². The average molecular weight is 447 g/mol. The van der Waals surface area contributed by atoms with Crippen molar-refractivity contribution in [3.05, 3.63) is 94.8 Å². The van der Waals surface area contributed by atoms with Crippen LogP contribution in [0.4, 0.5) is 10.1 Å². The number of ether oxygens (including phenoxy) is 2. The molecule has 7 heteroatoms. The molecule has 0 saturated carbocycles. The number of aryl methyl sites for hydroxylation is 1. The monoisotopic (exact) mass is 447 g/mol. The van der Waals surface area contributed by atoms with Gasteiger partial charge in [-0.05, 0) is 42.8 Å². The zero-order valence-electron chi connectivity index (χ0n) is 18.3. The number of halogens is 1. The normalized spacial score (nSPS) is 17.3. The van der Waals surface area contributed by atoms with Crippen LogP contribution in [0.25, 0.3) is 5.76 Å². The number of anilines is 1. The minimum atomic E-state index is -1.00. The molecule has 1 aliphatic heterocycles. The van der Waals surface area contributed by atoms with E-state index in [9.17, 15) is 19.1 Å². The second kappa shape index (κ2) is 8.78. The molecule has 1 aliphatic rings. The molecule has 168 valence electrons. The van der Waals surface area contributed by atoms with E-state index in [0.717, 1.165) is 11.6 Å². The Kier molecular flexibility index (Phi) is 5.87. The van der Waals surface area contributed by atoms with Crippen LogP contribution < -0.4 is 14.4 Å². The number of benzene rings is 3. The molecular formula is C26H22FNO5. The summed E-state index contributed by atoms with van der Waals surface area (Å²) in [6.45, 7) is 1.82. The molecule has 1 N–H and O–H groups in total. The summed E-state index contributed by atoms with van der Waals surface area (Å²) in [5.74, 6) is -2.26. The number of ketones is 1. The largest absolute Gasteiger partial charge is 0.507 e. The van der Waals surface area contributed by atoms with Crippen molar-refractivity contribution in [2.75, 3.05) is 19.1 Å². The first-order chi connectivity index (χ1) is 15.9. The lowest BCUT2D eigenvalue weighted by Crippen LogP contribution is -2.30. The number of Topliss-reactive ketones (excluding diaryl/α,β-unsaturated/α-hetero) is 1. The molecule has 0 bridgehead atoms. The predicted molar refractivity (Wildman–Crippen MR) is 122 cm³/mol. The topological polar surface area (TPSA) is 76.1 Å². The number of rotatable bonds is 5. The highest BCUT2D eigenvalue weighted by atomic mass is 19.1. The molecule has 3 aromatic rings. The van der Waals surface area contributed by atoms with Crippen LogP contribution in [-0.2, 0) is 9.59 Å². The number of methoxy groups -OCH3 is 2. The Morgan fingerprint density at radius 3 is 2.30 bits per heavy atom. The zero-order chi connectivity index (χ0) is 23.7. The van der Waals surface area contributed by atoms with Gasteiger partial charge in [0.15, 0.2) is 0 Å². The number of aliphatic hydroxyl groups excluding tert-OH is 1. The highest BCUT2D eigenvalue weighted by molar-refractivity contribution is 6.51. The average Bonchev–Trinajstić information content (AvgIpc) is 3.09.